The van der Waals surface area contributed by atoms with Gasteiger partial charge in [-0.15, -0.1) is 0 Å². The van der Waals surface area contributed by atoms with Crippen molar-refractivity contribution >= 4 is 6.29 Å². The van der Waals surface area contributed by atoms with Crippen LogP contribution in [0, 0.1) is 5.92 Å². The molecule has 1 aliphatic carbocycles. The van der Waals surface area contributed by atoms with Crippen molar-refractivity contribution in [3.63, 3.8) is 0 Å². The van der Waals surface area contributed by atoms with Gasteiger partial charge in [0.2, 0.25) is 0 Å². The maximum atomic E-state index is 13.2. The predicted molar refractivity (Wildman–Crippen MR) is 56.4 cm³/mol. The predicted octanol–water partition coefficient (Wildman–Crippen LogP) is 1.62. The van der Waals surface area contributed by atoms with E-state index in [1.54, 1.807) is 0 Å². The molecule has 0 bridgehead atoms. The second-order valence-electron chi connectivity index (χ2n) is 5.25. The molecule has 0 aromatic rings. The molecule has 2 N–H and O–H groups in total. The van der Waals surface area contributed by atoms with Crippen molar-refractivity contribution in [2.24, 2.45) is 11.7 Å². The van der Waals surface area contributed by atoms with Crippen molar-refractivity contribution in [3.8, 4) is 0 Å². The van der Waals surface area contributed by atoms with Gasteiger partial charge in [0.25, 0.3) is 0 Å². The number of halogens is 4. The van der Waals surface area contributed by atoms with E-state index in [2.05, 4.69) is 0 Å². The Kier molecular flexibility index (Phi) is 3.18. The summed E-state index contributed by atoms with van der Waals surface area (Å²) in [6, 6.07) is 0. The van der Waals surface area contributed by atoms with E-state index in [0.717, 1.165) is 17.7 Å². The van der Waals surface area contributed by atoms with Crippen LogP contribution in [0.15, 0.2) is 0 Å². The highest BCUT2D eigenvalue weighted by Gasteiger charge is 2.66. The number of hydrogen-bond donors (Lipinski definition) is 1. The van der Waals surface area contributed by atoms with Crippen molar-refractivity contribution in [1.29, 1.82) is 0 Å². The Hall–Kier alpha value is -0.690. The summed E-state index contributed by atoms with van der Waals surface area (Å²) >= 11 is 0. The van der Waals surface area contributed by atoms with Crippen LogP contribution in [0.3, 0.4) is 0 Å². The van der Waals surface area contributed by atoms with E-state index in [0.29, 0.717) is 19.1 Å². The molecule has 0 radical (unpaired) electrons. The van der Waals surface area contributed by atoms with E-state index in [9.17, 15) is 22.4 Å². The summed E-state index contributed by atoms with van der Waals surface area (Å²) in [4.78, 5) is 11.9. The third kappa shape index (κ3) is 1.93. The third-order valence-electron chi connectivity index (χ3n) is 4.06. The van der Waals surface area contributed by atoms with Crippen molar-refractivity contribution in [3.05, 3.63) is 0 Å². The van der Waals surface area contributed by atoms with E-state index >= 15 is 0 Å². The Morgan fingerprint density at radius 2 is 1.56 bits per heavy atom. The number of carbonyl (C=O) groups is 1. The van der Waals surface area contributed by atoms with Crippen LogP contribution >= 0.6 is 0 Å². The molecule has 0 aromatic carbocycles. The van der Waals surface area contributed by atoms with Crippen LogP contribution < -0.4 is 5.73 Å². The molecule has 1 saturated carbocycles. The summed E-state index contributed by atoms with van der Waals surface area (Å²) in [5.41, 5.74) is 4.15. The van der Waals surface area contributed by atoms with Crippen LogP contribution in [0.5, 0.6) is 0 Å². The van der Waals surface area contributed by atoms with Gasteiger partial charge in [0.1, 0.15) is 5.66 Å². The summed E-state index contributed by atoms with van der Waals surface area (Å²) in [6.07, 6.45) is 3.27. The van der Waals surface area contributed by atoms with Gasteiger partial charge in [-0.05, 0) is 18.8 Å². The summed E-state index contributed by atoms with van der Waals surface area (Å²) < 4.78 is 52.7. The molecule has 104 valence electrons. The summed E-state index contributed by atoms with van der Waals surface area (Å²) in [7, 11) is 0. The highest BCUT2D eigenvalue weighted by Crippen LogP contribution is 2.45. The maximum absolute atomic E-state index is 13.2. The largest absolute Gasteiger partial charge is 0.323 e. The van der Waals surface area contributed by atoms with E-state index in [-0.39, 0.29) is 5.92 Å². The molecular formula is C11H16F4N2O. The Labute approximate surface area is 102 Å². The first-order valence-electron chi connectivity index (χ1n) is 5.99. The van der Waals surface area contributed by atoms with Gasteiger partial charge in [0, 0.05) is 0 Å². The molecule has 0 unspecified atom stereocenters. The number of rotatable bonds is 3. The topological polar surface area (TPSA) is 46.3 Å². The highest BCUT2D eigenvalue weighted by atomic mass is 19.3. The molecule has 18 heavy (non-hydrogen) atoms. The van der Waals surface area contributed by atoms with E-state index in [4.69, 9.17) is 5.73 Å². The van der Waals surface area contributed by atoms with Gasteiger partial charge >= 0.3 is 11.8 Å². The SMILES string of the molecule is N[C@@](C=O)(C1CCCC1)N1CC(F)(F)C(F)(F)C1. The lowest BCUT2D eigenvalue weighted by Crippen LogP contribution is -2.61. The number of alkyl halides is 4. The van der Waals surface area contributed by atoms with Gasteiger partial charge in [-0.25, -0.2) is 0 Å². The third-order valence-corrected chi connectivity index (χ3v) is 4.06. The normalized spacial score (nSPS) is 31.4. The van der Waals surface area contributed by atoms with Crippen LogP contribution in [-0.2, 0) is 4.79 Å². The Morgan fingerprint density at radius 3 is 1.94 bits per heavy atom. The molecular weight excluding hydrogens is 252 g/mol. The molecule has 0 spiro atoms. The second-order valence-corrected chi connectivity index (χ2v) is 5.25. The lowest BCUT2D eigenvalue weighted by Gasteiger charge is -2.38. The van der Waals surface area contributed by atoms with Gasteiger partial charge in [-0.2, -0.15) is 17.6 Å². The van der Waals surface area contributed by atoms with E-state index in [1.165, 1.54) is 0 Å². The monoisotopic (exact) mass is 268 g/mol. The molecule has 2 rings (SSSR count). The molecule has 0 aromatic heterocycles. The summed E-state index contributed by atoms with van der Waals surface area (Å²) in [6.45, 7) is -2.32. The number of nitrogens with two attached hydrogens (primary N) is 1. The minimum atomic E-state index is -4.13. The lowest BCUT2D eigenvalue weighted by molar-refractivity contribution is -0.172. The van der Waals surface area contributed by atoms with Crippen LogP contribution in [-0.4, -0.2) is 41.8 Å². The number of hydrogen-bond acceptors (Lipinski definition) is 3. The molecule has 0 amide bonds. The van der Waals surface area contributed by atoms with Crippen molar-refractivity contribution in [2.45, 2.75) is 43.2 Å². The fraction of sp³-hybridized carbons (Fsp3) is 0.909. The molecule has 3 nitrogen and oxygen atoms in total. The van der Waals surface area contributed by atoms with Gasteiger partial charge in [0.15, 0.2) is 6.29 Å². The Balaban J connectivity index is 2.22. The fourth-order valence-corrected chi connectivity index (χ4v) is 2.86. The first-order valence-corrected chi connectivity index (χ1v) is 5.99. The lowest BCUT2D eigenvalue weighted by atomic mass is 9.91. The molecule has 2 fully saturated rings. The summed E-state index contributed by atoms with van der Waals surface area (Å²) in [5, 5.41) is 0. The zero-order chi connectivity index (χ0) is 13.6. The molecule has 1 aliphatic heterocycles. The van der Waals surface area contributed by atoms with E-state index in [1.807, 2.05) is 0 Å². The van der Waals surface area contributed by atoms with Crippen LogP contribution in [0.2, 0.25) is 0 Å². The first kappa shape index (κ1) is 13.7. The van der Waals surface area contributed by atoms with Gasteiger partial charge in [-0.3, -0.25) is 9.69 Å². The van der Waals surface area contributed by atoms with Gasteiger partial charge in [0.05, 0.1) is 13.1 Å². The summed E-state index contributed by atoms with van der Waals surface area (Å²) in [5.74, 6) is -8.57. The number of likely N-dealkylation sites (tertiary alicyclic amines) is 1. The maximum Gasteiger partial charge on any atom is 0.323 e. The van der Waals surface area contributed by atoms with Gasteiger partial charge < -0.3 is 5.73 Å². The number of nitrogens with zero attached hydrogens (tertiary/aromatic N) is 1. The number of carbonyl (C=O) groups excluding carboxylic acids is 1. The minimum absolute atomic E-state index is 0.320. The van der Waals surface area contributed by atoms with E-state index < -0.39 is 30.6 Å². The highest BCUT2D eigenvalue weighted by molar-refractivity contribution is 5.64. The second kappa shape index (κ2) is 4.16. The molecule has 7 heteroatoms. The number of aldehydes is 1. The van der Waals surface area contributed by atoms with Crippen molar-refractivity contribution in [1.82, 2.24) is 4.90 Å². The quantitative estimate of drug-likeness (QED) is 0.625. The molecule has 2 aliphatic rings. The zero-order valence-corrected chi connectivity index (χ0v) is 9.84. The van der Waals surface area contributed by atoms with Crippen LogP contribution in [0.1, 0.15) is 25.7 Å². The Bertz CT molecular complexity index is 328. The standard InChI is InChI=1S/C11H16F4N2O/c12-10(13)5-17(6-11(10,14)15)9(16,7-18)8-3-1-2-4-8/h7-8H,1-6,16H2/t9-/m1/s1. The van der Waals surface area contributed by atoms with Crippen LogP contribution in [0.25, 0.3) is 0 Å². The van der Waals surface area contributed by atoms with Crippen molar-refractivity contribution < 1.29 is 22.4 Å². The van der Waals surface area contributed by atoms with Gasteiger partial charge in [-0.1, -0.05) is 12.8 Å². The average Bonchev–Trinajstić information content (AvgIpc) is 2.85. The minimum Gasteiger partial charge on any atom is -0.307 e. The molecule has 1 saturated heterocycles. The molecule has 1 atom stereocenters. The smallest absolute Gasteiger partial charge is 0.307 e. The first-order chi connectivity index (χ1) is 8.23. The molecule has 1 heterocycles. The van der Waals surface area contributed by atoms with Crippen molar-refractivity contribution in [2.75, 3.05) is 13.1 Å². The Morgan fingerprint density at radius 1 is 1.11 bits per heavy atom. The average molecular weight is 268 g/mol. The fourth-order valence-electron chi connectivity index (χ4n) is 2.86. The zero-order valence-electron chi connectivity index (χ0n) is 9.84. The van der Waals surface area contributed by atoms with Crippen LogP contribution in [0.4, 0.5) is 17.6 Å².